The molecule has 1 amide bonds. The Kier molecular flexibility index (Phi) is 4.74. The number of nitro groups is 1. The molecule has 0 aromatic heterocycles. The van der Waals surface area contributed by atoms with E-state index in [9.17, 15) is 14.9 Å². The third-order valence-electron chi connectivity index (χ3n) is 3.55. The van der Waals surface area contributed by atoms with Crippen molar-refractivity contribution in [2.75, 3.05) is 32.0 Å². The number of non-ortho nitro benzene ring substituents is 1. The second-order valence-electron chi connectivity index (χ2n) is 5.24. The van der Waals surface area contributed by atoms with Gasteiger partial charge in [0.25, 0.3) is 11.6 Å². The number of carbonyl (C=O) groups excluding carboxylic acids is 1. The molecule has 1 aromatic carbocycles. The van der Waals surface area contributed by atoms with Crippen LogP contribution in [0.25, 0.3) is 0 Å². The number of nitro benzene ring substituents is 1. The number of hydrogen-bond donors (Lipinski definition) is 2. The van der Waals surface area contributed by atoms with Crippen LogP contribution in [0, 0.1) is 10.1 Å². The molecule has 1 heterocycles. The molecule has 7 nitrogen and oxygen atoms in total. The van der Waals surface area contributed by atoms with E-state index < -0.39 is 4.92 Å². The smallest absolute Gasteiger partial charge is 0.270 e. The lowest BCUT2D eigenvalue weighted by atomic mass is 10.1. The number of rotatable bonds is 5. The summed E-state index contributed by atoms with van der Waals surface area (Å²) in [6.07, 6.45) is 0.897. The Morgan fingerprint density at radius 1 is 1.52 bits per heavy atom. The van der Waals surface area contributed by atoms with Crippen LogP contribution in [0.3, 0.4) is 0 Å². The summed E-state index contributed by atoms with van der Waals surface area (Å²) in [6, 6.07) is 4.40. The first-order chi connectivity index (χ1) is 10.0. The Balaban J connectivity index is 2.20. The molecule has 1 atom stereocenters. The number of amides is 1. The normalized spacial score (nSPS) is 18.5. The van der Waals surface area contributed by atoms with E-state index in [1.54, 1.807) is 6.07 Å². The number of carbonyl (C=O) groups is 1. The molecule has 1 aromatic rings. The Morgan fingerprint density at radius 3 is 2.86 bits per heavy atom. The molecule has 0 spiro atoms. The van der Waals surface area contributed by atoms with E-state index in [4.69, 9.17) is 0 Å². The first-order valence-electron chi connectivity index (χ1n) is 7.03. The second kappa shape index (κ2) is 6.53. The molecule has 2 rings (SSSR count). The van der Waals surface area contributed by atoms with Gasteiger partial charge < -0.3 is 15.5 Å². The Labute approximate surface area is 123 Å². The maximum atomic E-state index is 12.4. The predicted molar refractivity (Wildman–Crippen MR) is 80.6 cm³/mol. The van der Waals surface area contributed by atoms with Crippen LogP contribution < -0.4 is 10.6 Å². The van der Waals surface area contributed by atoms with Gasteiger partial charge >= 0.3 is 0 Å². The van der Waals surface area contributed by atoms with Gasteiger partial charge in [-0.05, 0) is 33.0 Å². The van der Waals surface area contributed by atoms with Crippen LogP contribution in [0.4, 0.5) is 11.4 Å². The summed E-state index contributed by atoms with van der Waals surface area (Å²) in [6.45, 7) is 4.30. The van der Waals surface area contributed by atoms with Crippen LogP contribution in [0.1, 0.15) is 23.7 Å². The van der Waals surface area contributed by atoms with Crippen molar-refractivity contribution in [1.82, 2.24) is 10.2 Å². The average Bonchev–Trinajstić information content (AvgIpc) is 2.84. The van der Waals surface area contributed by atoms with Crippen LogP contribution >= 0.6 is 0 Å². The topological polar surface area (TPSA) is 87.5 Å². The van der Waals surface area contributed by atoms with Gasteiger partial charge in [0.15, 0.2) is 0 Å². The minimum Gasteiger partial charge on any atom is -0.385 e. The highest BCUT2D eigenvalue weighted by Gasteiger charge is 2.23. The minimum absolute atomic E-state index is 0.0784. The molecule has 0 bridgehead atoms. The first-order valence-corrected chi connectivity index (χ1v) is 7.03. The van der Waals surface area contributed by atoms with Crippen molar-refractivity contribution in [1.29, 1.82) is 0 Å². The fourth-order valence-corrected chi connectivity index (χ4v) is 2.49. The van der Waals surface area contributed by atoms with Gasteiger partial charge in [-0.15, -0.1) is 0 Å². The molecule has 7 heteroatoms. The van der Waals surface area contributed by atoms with Crippen LogP contribution in [0.2, 0.25) is 0 Å². The zero-order chi connectivity index (χ0) is 15.4. The van der Waals surface area contributed by atoms with Crippen LogP contribution in [-0.4, -0.2) is 48.5 Å². The van der Waals surface area contributed by atoms with E-state index in [1.807, 2.05) is 14.0 Å². The van der Waals surface area contributed by atoms with Gasteiger partial charge in [-0.25, -0.2) is 0 Å². The molecular formula is C14H20N4O3. The molecule has 0 radical (unpaired) electrons. The number of likely N-dealkylation sites (tertiary alicyclic amines) is 1. The third-order valence-corrected chi connectivity index (χ3v) is 3.55. The summed E-state index contributed by atoms with van der Waals surface area (Å²) in [5.74, 6) is -0.269. The van der Waals surface area contributed by atoms with Crippen molar-refractivity contribution in [3.8, 4) is 0 Å². The van der Waals surface area contributed by atoms with E-state index in [1.165, 1.54) is 12.1 Å². The number of nitrogens with zero attached hydrogens (tertiary/aromatic N) is 2. The molecule has 21 heavy (non-hydrogen) atoms. The summed E-state index contributed by atoms with van der Waals surface area (Å²) in [7, 11) is 2.00. The van der Waals surface area contributed by atoms with Gasteiger partial charge in [0, 0.05) is 37.0 Å². The van der Waals surface area contributed by atoms with E-state index in [-0.39, 0.29) is 17.6 Å². The van der Waals surface area contributed by atoms with Crippen LogP contribution in [0.15, 0.2) is 18.2 Å². The number of anilines is 1. The van der Waals surface area contributed by atoms with Gasteiger partial charge in [0.1, 0.15) is 0 Å². The fraction of sp³-hybridized carbons (Fsp3) is 0.500. The third kappa shape index (κ3) is 3.69. The zero-order valence-corrected chi connectivity index (χ0v) is 12.3. The Bertz CT molecular complexity index is 547. The predicted octanol–water partition coefficient (Wildman–Crippen LogP) is 1.46. The summed E-state index contributed by atoms with van der Waals surface area (Å²) >= 11 is 0. The molecule has 0 saturated carbocycles. The van der Waals surface area contributed by atoms with Gasteiger partial charge in [-0.2, -0.15) is 0 Å². The summed E-state index contributed by atoms with van der Waals surface area (Å²) in [5, 5.41) is 16.9. The van der Waals surface area contributed by atoms with Gasteiger partial charge in [0.05, 0.1) is 10.5 Å². The quantitative estimate of drug-likeness (QED) is 0.633. The van der Waals surface area contributed by atoms with Gasteiger partial charge in [-0.3, -0.25) is 14.9 Å². The van der Waals surface area contributed by atoms with E-state index in [0.29, 0.717) is 17.8 Å². The minimum atomic E-state index is -0.490. The zero-order valence-electron chi connectivity index (χ0n) is 12.3. The molecular weight excluding hydrogens is 272 g/mol. The second-order valence-corrected chi connectivity index (χ2v) is 5.24. The number of nitrogens with one attached hydrogen (secondary N) is 2. The largest absolute Gasteiger partial charge is 0.385 e. The Hall–Kier alpha value is -2.15. The lowest BCUT2D eigenvalue weighted by Crippen LogP contribution is -2.36. The van der Waals surface area contributed by atoms with E-state index >= 15 is 0 Å². The molecule has 1 aliphatic rings. The van der Waals surface area contributed by atoms with E-state index in [0.717, 1.165) is 19.5 Å². The standard InChI is InChI=1S/C14H20N4O3/c1-3-15-13-5-4-11(18(20)21)8-12(13)14(19)16-10-6-7-17(2)9-10/h4-5,8,10,15H,3,6-7,9H2,1-2H3,(H,16,19). The molecule has 0 aliphatic carbocycles. The monoisotopic (exact) mass is 292 g/mol. The Morgan fingerprint density at radius 2 is 2.29 bits per heavy atom. The van der Waals surface area contributed by atoms with Crippen molar-refractivity contribution in [2.24, 2.45) is 0 Å². The van der Waals surface area contributed by atoms with Crippen molar-refractivity contribution < 1.29 is 9.72 Å². The molecule has 1 saturated heterocycles. The van der Waals surface area contributed by atoms with Crippen LogP contribution in [-0.2, 0) is 0 Å². The highest BCUT2D eigenvalue weighted by atomic mass is 16.6. The lowest BCUT2D eigenvalue weighted by Gasteiger charge is -2.15. The molecule has 1 aliphatic heterocycles. The first kappa shape index (κ1) is 15.2. The molecule has 1 unspecified atom stereocenters. The van der Waals surface area contributed by atoms with Gasteiger partial charge in [-0.1, -0.05) is 0 Å². The number of benzene rings is 1. The summed E-state index contributed by atoms with van der Waals surface area (Å²) in [4.78, 5) is 24.9. The molecule has 2 N–H and O–H groups in total. The van der Waals surface area contributed by atoms with Crippen LogP contribution in [0.5, 0.6) is 0 Å². The van der Waals surface area contributed by atoms with Crippen molar-refractivity contribution >= 4 is 17.3 Å². The van der Waals surface area contributed by atoms with Crippen molar-refractivity contribution in [3.63, 3.8) is 0 Å². The number of likely N-dealkylation sites (N-methyl/N-ethyl adjacent to an activating group) is 1. The fourth-order valence-electron chi connectivity index (χ4n) is 2.49. The summed E-state index contributed by atoms with van der Waals surface area (Å²) in [5.41, 5.74) is 0.859. The molecule has 1 fully saturated rings. The van der Waals surface area contributed by atoms with E-state index in [2.05, 4.69) is 15.5 Å². The average molecular weight is 292 g/mol. The maximum absolute atomic E-state index is 12.4. The molecule has 114 valence electrons. The maximum Gasteiger partial charge on any atom is 0.270 e. The SMILES string of the molecule is CCNc1ccc([N+](=O)[O-])cc1C(=O)NC1CCN(C)C1. The highest BCUT2D eigenvalue weighted by molar-refractivity contribution is 6.00. The van der Waals surface area contributed by atoms with Crippen molar-refractivity contribution in [2.45, 2.75) is 19.4 Å². The lowest BCUT2D eigenvalue weighted by molar-refractivity contribution is -0.384. The highest BCUT2D eigenvalue weighted by Crippen LogP contribution is 2.22. The summed E-state index contributed by atoms with van der Waals surface area (Å²) < 4.78 is 0. The van der Waals surface area contributed by atoms with Gasteiger partial charge in [0.2, 0.25) is 0 Å². The van der Waals surface area contributed by atoms with Crippen molar-refractivity contribution in [3.05, 3.63) is 33.9 Å². The number of hydrogen-bond acceptors (Lipinski definition) is 5.